The summed E-state index contributed by atoms with van der Waals surface area (Å²) in [6, 6.07) is 12.6. The van der Waals surface area contributed by atoms with Crippen LogP contribution < -0.4 is 14.8 Å². The Bertz CT molecular complexity index is 940. The molecule has 0 fully saturated rings. The second kappa shape index (κ2) is 7.05. The van der Waals surface area contributed by atoms with Gasteiger partial charge in [0, 0.05) is 17.0 Å². The van der Waals surface area contributed by atoms with E-state index in [9.17, 15) is 4.79 Å². The predicted molar refractivity (Wildman–Crippen MR) is 94.3 cm³/mol. The lowest BCUT2D eigenvalue weighted by Gasteiger charge is -2.05. The minimum absolute atomic E-state index is 0.176. The number of hydrogen-bond donors (Lipinski definition) is 1. The molecule has 0 saturated carbocycles. The van der Waals surface area contributed by atoms with Gasteiger partial charge in [-0.25, -0.2) is 4.68 Å². The molecule has 3 aromatic rings. The van der Waals surface area contributed by atoms with E-state index in [0.29, 0.717) is 28.5 Å². The molecule has 1 aliphatic heterocycles. The SMILES string of the molecule is O=C(NCn1cc(Cc2ccc(Cl)cc2)nn1)c1ccc2c(c1)OCO2. The van der Waals surface area contributed by atoms with Crippen LogP contribution in [0.5, 0.6) is 11.5 Å². The van der Waals surface area contributed by atoms with Gasteiger partial charge in [0.2, 0.25) is 6.79 Å². The first-order chi connectivity index (χ1) is 12.7. The highest BCUT2D eigenvalue weighted by atomic mass is 35.5. The predicted octanol–water partition coefficient (Wildman–Crippen LogP) is 2.64. The molecule has 0 bridgehead atoms. The fourth-order valence-electron chi connectivity index (χ4n) is 2.60. The summed E-state index contributed by atoms with van der Waals surface area (Å²) in [5.41, 5.74) is 2.39. The number of carbonyl (C=O) groups is 1. The van der Waals surface area contributed by atoms with Crippen LogP contribution in [0.3, 0.4) is 0 Å². The van der Waals surface area contributed by atoms with E-state index in [0.717, 1.165) is 11.3 Å². The molecule has 0 unspecified atom stereocenters. The van der Waals surface area contributed by atoms with Crippen molar-refractivity contribution in [2.24, 2.45) is 0 Å². The summed E-state index contributed by atoms with van der Waals surface area (Å²) in [6.45, 7) is 0.399. The summed E-state index contributed by atoms with van der Waals surface area (Å²) in [5, 5.41) is 11.7. The average molecular weight is 371 g/mol. The highest BCUT2D eigenvalue weighted by Gasteiger charge is 2.16. The molecule has 4 rings (SSSR count). The number of halogens is 1. The van der Waals surface area contributed by atoms with Crippen LogP contribution in [0.4, 0.5) is 0 Å². The summed E-state index contributed by atoms with van der Waals surface area (Å²) in [4.78, 5) is 12.3. The van der Waals surface area contributed by atoms with Crippen molar-refractivity contribution in [3.8, 4) is 11.5 Å². The minimum atomic E-state index is -0.224. The molecule has 1 aromatic heterocycles. The van der Waals surface area contributed by atoms with Gasteiger partial charge in [0.05, 0.1) is 11.9 Å². The van der Waals surface area contributed by atoms with Gasteiger partial charge in [-0.3, -0.25) is 4.79 Å². The van der Waals surface area contributed by atoms with Gasteiger partial charge in [0.1, 0.15) is 6.67 Å². The monoisotopic (exact) mass is 370 g/mol. The zero-order chi connectivity index (χ0) is 17.9. The smallest absolute Gasteiger partial charge is 0.252 e. The van der Waals surface area contributed by atoms with Crippen LogP contribution in [-0.4, -0.2) is 27.7 Å². The Labute approximate surface area is 154 Å². The van der Waals surface area contributed by atoms with Gasteiger partial charge < -0.3 is 14.8 Å². The second-order valence-corrected chi connectivity index (χ2v) is 6.22. The van der Waals surface area contributed by atoms with Gasteiger partial charge in [-0.15, -0.1) is 5.10 Å². The molecular weight excluding hydrogens is 356 g/mol. The van der Waals surface area contributed by atoms with Gasteiger partial charge in [0.15, 0.2) is 11.5 Å². The first kappa shape index (κ1) is 16.4. The normalized spacial score (nSPS) is 12.2. The Balaban J connectivity index is 1.35. The van der Waals surface area contributed by atoms with Gasteiger partial charge in [-0.05, 0) is 35.9 Å². The Kier molecular flexibility index (Phi) is 4.45. The molecule has 7 nitrogen and oxygen atoms in total. The molecule has 8 heteroatoms. The molecule has 0 saturated heterocycles. The van der Waals surface area contributed by atoms with Crippen molar-refractivity contribution in [3.05, 3.63) is 70.5 Å². The topological polar surface area (TPSA) is 78.3 Å². The lowest BCUT2D eigenvalue weighted by molar-refractivity contribution is 0.0939. The van der Waals surface area contributed by atoms with Gasteiger partial charge in [0.25, 0.3) is 5.91 Å². The summed E-state index contributed by atoms with van der Waals surface area (Å²) in [5.74, 6) is 0.992. The average Bonchev–Trinajstić information content (AvgIpc) is 3.30. The maximum atomic E-state index is 12.3. The third-order valence-electron chi connectivity index (χ3n) is 3.92. The van der Waals surface area contributed by atoms with E-state index in [1.807, 2.05) is 24.3 Å². The van der Waals surface area contributed by atoms with Crippen molar-refractivity contribution in [3.63, 3.8) is 0 Å². The summed E-state index contributed by atoms with van der Waals surface area (Å²) in [7, 11) is 0. The van der Waals surface area contributed by atoms with Crippen LogP contribution in [0.2, 0.25) is 5.02 Å². The van der Waals surface area contributed by atoms with Gasteiger partial charge >= 0.3 is 0 Å². The van der Waals surface area contributed by atoms with Crippen LogP contribution in [-0.2, 0) is 13.1 Å². The molecule has 0 spiro atoms. The molecule has 26 heavy (non-hydrogen) atoms. The fraction of sp³-hybridized carbons (Fsp3) is 0.167. The number of rotatable bonds is 5. The van der Waals surface area contributed by atoms with E-state index < -0.39 is 0 Å². The molecule has 132 valence electrons. The standard InChI is InChI=1S/C18H15ClN4O3/c19-14-4-1-12(2-5-14)7-15-9-23(22-21-15)10-20-18(24)13-3-6-16-17(8-13)26-11-25-16/h1-6,8-9H,7,10-11H2,(H,20,24). The maximum Gasteiger partial charge on any atom is 0.252 e. The van der Waals surface area contributed by atoms with Crippen molar-refractivity contribution in [2.45, 2.75) is 13.1 Å². The highest BCUT2D eigenvalue weighted by molar-refractivity contribution is 6.30. The van der Waals surface area contributed by atoms with E-state index in [1.54, 1.807) is 29.1 Å². The van der Waals surface area contributed by atoms with E-state index in [2.05, 4.69) is 15.6 Å². The number of aromatic nitrogens is 3. The number of nitrogens with one attached hydrogen (secondary N) is 1. The maximum absolute atomic E-state index is 12.3. The zero-order valence-electron chi connectivity index (χ0n) is 13.7. The van der Waals surface area contributed by atoms with Crippen LogP contribution in [0.15, 0.2) is 48.7 Å². The first-order valence-electron chi connectivity index (χ1n) is 7.99. The number of ether oxygens (including phenoxy) is 2. The Morgan fingerprint density at radius 1 is 1.15 bits per heavy atom. The molecule has 1 amide bonds. The van der Waals surface area contributed by atoms with Crippen molar-refractivity contribution in [1.82, 2.24) is 20.3 Å². The second-order valence-electron chi connectivity index (χ2n) is 5.78. The van der Waals surface area contributed by atoms with Crippen molar-refractivity contribution in [1.29, 1.82) is 0 Å². The molecule has 2 heterocycles. The number of hydrogen-bond acceptors (Lipinski definition) is 5. The largest absolute Gasteiger partial charge is 0.454 e. The van der Waals surface area contributed by atoms with E-state index in [4.69, 9.17) is 21.1 Å². The number of carbonyl (C=O) groups excluding carboxylic acids is 1. The van der Waals surface area contributed by atoms with Crippen molar-refractivity contribution < 1.29 is 14.3 Å². The molecular formula is C18H15ClN4O3. The van der Waals surface area contributed by atoms with Crippen LogP contribution in [0.1, 0.15) is 21.6 Å². The van der Waals surface area contributed by atoms with E-state index in [-0.39, 0.29) is 19.4 Å². The van der Waals surface area contributed by atoms with E-state index >= 15 is 0 Å². The van der Waals surface area contributed by atoms with Crippen molar-refractivity contribution >= 4 is 17.5 Å². The number of fused-ring (bicyclic) bond motifs is 1. The summed E-state index contributed by atoms with van der Waals surface area (Å²) >= 11 is 5.88. The fourth-order valence-corrected chi connectivity index (χ4v) is 2.73. The molecule has 1 aliphatic rings. The number of benzene rings is 2. The molecule has 0 radical (unpaired) electrons. The third kappa shape index (κ3) is 3.62. The highest BCUT2D eigenvalue weighted by Crippen LogP contribution is 2.32. The lowest BCUT2D eigenvalue weighted by atomic mass is 10.1. The van der Waals surface area contributed by atoms with Crippen molar-refractivity contribution in [2.75, 3.05) is 6.79 Å². The van der Waals surface area contributed by atoms with Gasteiger partial charge in [-0.1, -0.05) is 28.9 Å². The number of amides is 1. The minimum Gasteiger partial charge on any atom is -0.454 e. The van der Waals surface area contributed by atoms with Crippen LogP contribution in [0.25, 0.3) is 0 Å². The number of nitrogens with zero attached hydrogens (tertiary/aromatic N) is 3. The zero-order valence-corrected chi connectivity index (χ0v) is 14.4. The Hall–Kier alpha value is -3.06. The molecule has 1 N–H and O–H groups in total. The first-order valence-corrected chi connectivity index (χ1v) is 8.36. The third-order valence-corrected chi connectivity index (χ3v) is 4.17. The molecule has 0 atom stereocenters. The molecule has 2 aromatic carbocycles. The van der Waals surface area contributed by atoms with Gasteiger partial charge in [-0.2, -0.15) is 0 Å². The van der Waals surface area contributed by atoms with Crippen LogP contribution >= 0.6 is 11.6 Å². The van der Waals surface area contributed by atoms with E-state index in [1.165, 1.54) is 0 Å². The Morgan fingerprint density at radius 3 is 2.81 bits per heavy atom. The lowest BCUT2D eigenvalue weighted by Crippen LogP contribution is -2.26. The quantitative estimate of drug-likeness (QED) is 0.747. The summed E-state index contributed by atoms with van der Waals surface area (Å²) in [6.07, 6.45) is 2.45. The summed E-state index contributed by atoms with van der Waals surface area (Å²) < 4.78 is 12.1. The van der Waals surface area contributed by atoms with Crippen LogP contribution in [0, 0.1) is 0 Å². The molecule has 0 aliphatic carbocycles. The Morgan fingerprint density at radius 2 is 1.96 bits per heavy atom.